The third kappa shape index (κ3) is 2.51. The molecule has 1 saturated heterocycles. The first-order valence-electron chi connectivity index (χ1n) is 5.87. The number of nitrogens with one attached hydrogen (secondary N) is 1. The van der Waals surface area contributed by atoms with Crippen LogP contribution in [0, 0.1) is 5.92 Å². The predicted molar refractivity (Wildman–Crippen MR) is 66.4 cm³/mol. The van der Waals surface area contributed by atoms with E-state index in [9.17, 15) is 9.59 Å². The molecule has 0 aromatic carbocycles. The van der Waals surface area contributed by atoms with Gasteiger partial charge in [0.2, 0.25) is 11.1 Å². The zero-order valence-corrected chi connectivity index (χ0v) is 10.9. The largest absolute Gasteiger partial charge is 0.452 e. The molecule has 5 nitrogen and oxygen atoms in total. The average Bonchev–Trinajstić information content (AvgIpc) is 2.83. The summed E-state index contributed by atoms with van der Waals surface area (Å²) in [6, 6.07) is 1.55. The second-order valence-electron chi connectivity index (χ2n) is 4.31. The maximum atomic E-state index is 12.2. The van der Waals surface area contributed by atoms with Crippen molar-refractivity contribution in [2.24, 2.45) is 5.92 Å². The Morgan fingerprint density at radius 1 is 1.56 bits per heavy atom. The lowest BCUT2D eigenvalue weighted by Crippen LogP contribution is -2.44. The second kappa shape index (κ2) is 5.44. The van der Waals surface area contributed by atoms with Gasteiger partial charge in [-0.05, 0) is 30.5 Å². The molecule has 1 atom stereocenters. The third-order valence-electron chi connectivity index (χ3n) is 3.17. The predicted octanol–water partition coefficient (Wildman–Crippen LogP) is 1.53. The van der Waals surface area contributed by atoms with Crippen molar-refractivity contribution in [3.8, 4) is 0 Å². The Kier molecular flexibility index (Phi) is 3.91. The van der Waals surface area contributed by atoms with Crippen LogP contribution in [-0.4, -0.2) is 36.9 Å². The maximum absolute atomic E-state index is 12.2. The first-order valence-corrected chi connectivity index (χ1v) is 6.25. The zero-order valence-electron chi connectivity index (χ0n) is 10.1. The van der Waals surface area contributed by atoms with Crippen LogP contribution in [0.25, 0.3) is 0 Å². The molecular weight excluding hydrogens is 256 g/mol. The molecule has 0 spiro atoms. The van der Waals surface area contributed by atoms with E-state index >= 15 is 0 Å². The van der Waals surface area contributed by atoms with Crippen molar-refractivity contribution in [2.45, 2.75) is 12.8 Å². The minimum atomic E-state index is -0.178. The number of nitrogens with zero attached hydrogens (tertiary/aromatic N) is 1. The Morgan fingerprint density at radius 2 is 2.33 bits per heavy atom. The topological polar surface area (TPSA) is 62.6 Å². The number of furan rings is 1. The van der Waals surface area contributed by atoms with Crippen molar-refractivity contribution in [3.63, 3.8) is 0 Å². The molecule has 1 aliphatic heterocycles. The monoisotopic (exact) mass is 270 g/mol. The highest BCUT2D eigenvalue weighted by molar-refractivity contribution is 6.32. The van der Waals surface area contributed by atoms with E-state index in [1.54, 1.807) is 18.0 Å². The van der Waals surface area contributed by atoms with Gasteiger partial charge in [0.25, 0.3) is 5.91 Å². The standard InChI is InChI=1S/C12H15ClN2O3/c1-14-11(16)8-3-2-5-15(7-8)12(17)9-4-6-18-10(9)13/h4,6,8H,2-3,5,7H2,1H3,(H,14,16). The molecule has 0 saturated carbocycles. The van der Waals surface area contributed by atoms with E-state index < -0.39 is 0 Å². The van der Waals surface area contributed by atoms with Crippen molar-refractivity contribution >= 4 is 23.4 Å². The number of hydrogen-bond acceptors (Lipinski definition) is 3. The van der Waals surface area contributed by atoms with Crippen molar-refractivity contribution in [1.82, 2.24) is 10.2 Å². The molecule has 1 aromatic heterocycles. The van der Waals surface area contributed by atoms with Crippen molar-refractivity contribution in [2.75, 3.05) is 20.1 Å². The van der Waals surface area contributed by atoms with Gasteiger partial charge < -0.3 is 14.6 Å². The van der Waals surface area contributed by atoms with Crippen LogP contribution in [-0.2, 0) is 4.79 Å². The van der Waals surface area contributed by atoms with Gasteiger partial charge in [-0.1, -0.05) is 0 Å². The van der Waals surface area contributed by atoms with E-state index in [1.807, 2.05) is 0 Å². The molecule has 0 radical (unpaired) electrons. The molecule has 2 heterocycles. The summed E-state index contributed by atoms with van der Waals surface area (Å²) in [4.78, 5) is 25.4. The number of halogens is 1. The van der Waals surface area contributed by atoms with Crippen LogP contribution in [0.1, 0.15) is 23.2 Å². The van der Waals surface area contributed by atoms with Crippen molar-refractivity contribution in [1.29, 1.82) is 0 Å². The fraction of sp³-hybridized carbons (Fsp3) is 0.500. The first-order chi connectivity index (χ1) is 8.63. The minimum Gasteiger partial charge on any atom is -0.452 e. The van der Waals surface area contributed by atoms with Crippen LogP contribution in [0.15, 0.2) is 16.7 Å². The van der Waals surface area contributed by atoms with E-state index in [4.69, 9.17) is 16.0 Å². The van der Waals surface area contributed by atoms with Gasteiger partial charge in [-0.3, -0.25) is 9.59 Å². The Balaban J connectivity index is 2.07. The van der Waals surface area contributed by atoms with E-state index in [-0.39, 0.29) is 23.0 Å². The lowest BCUT2D eigenvalue weighted by Gasteiger charge is -2.31. The average molecular weight is 271 g/mol. The number of amides is 2. The number of likely N-dealkylation sites (tertiary alicyclic amines) is 1. The Hall–Kier alpha value is -1.49. The van der Waals surface area contributed by atoms with Gasteiger partial charge in [-0.15, -0.1) is 0 Å². The molecule has 1 unspecified atom stereocenters. The van der Waals surface area contributed by atoms with Crippen LogP contribution in [0.5, 0.6) is 0 Å². The molecule has 0 aliphatic carbocycles. The minimum absolute atomic E-state index is 0.0224. The number of carbonyl (C=O) groups is 2. The molecule has 2 amide bonds. The molecule has 0 bridgehead atoms. The van der Waals surface area contributed by atoms with E-state index in [1.165, 1.54) is 6.26 Å². The van der Waals surface area contributed by atoms with E-state index in [0.717, 1.165) is 12.8 Å². The maximum Gasteiger partial charge on any atom is 0.258 e. The quantitative estimate of drug-likeness (QED) is 0.886. The van der Waals surface area contributed by atoms with Crippen LogP contribution in [0.3, 0.4) is 0 Å². The SMILES string of the molecule is CNC(=O)C1CCCN(C(=O)c2ccoc2Cl)C1. The van der Waals surface area contributed by atoms with Gasteiger partial charge in [0.1, 0.15) is 0 Å². The number of carbonyl (C=O) groups excluding carboxylic acids is 2. The zero-order chi connectivity index (χ0) is 13.1. The summed E-state index contributed by atoms with van der Waals surface area (Å²) in [6.07, 6.45) is 3.01. The molecule has 1 aromatic rings. The Labute approximate surface area is 110 Å². The fourth-order valence-corrected chi connectivity index (χ4v) is 2.39. The van der Waals surface area contributed by atoms with E-state index in [0.29, 0.717) is 18.7 Å². The van der Waals surface area contributed by atoms with Crippen molar-refractivity contribution < 1.29 is 14.0 Å². The Bertz CT molecular complexity index is 458. The molecular formula is C12H15ClN2O3. The molecule has 2 rings (SSSR count). The summed E-state index contributed by atoms with van der Waals surface area (Å²) in [5.41, 5.74) is 0.356. The fourth-order valence-electron chi connectivity index (χ4n) is 2.20. The van der Waals surface area contributed by atoms with Gasteiger partial charge in [0.15, 0.2) is 0 Å². The van der Waals surface area contributed by atoms with Gasteiger partial charge in [0, 0.05) is 20.1 Å². The molecule has 1 aliphatic rings. The lowest BCUT2D eigenvalue weighted by molar-refractivity contribution is -0.125. The van der Waals surface area contributed by atoms with Crippen LogP contribution < -0.4 is 5.32 Å². The van der Waals surface area contributed by atoms with E-state index in [2.05, 4.69) is 5.32 Å². The van der Waals surface area contributed by atoms with Crippen LogP contribution in [0.4, 0.5) is 0 Å². The van der Waals surface area contributed by atoms with Gasteiger partial charge in [0.05, 0.1) is 17.7 Å². The summed E-state index contributed by atoms with van der Waals surface area (Å²) in [7, 11) is 1.61. The molecule has 1 N–H and O–H groups in total. The highest BCUT2D eigenvalue weighted by Crippen LogP contribution is 2.23. The Morgan fingerprint density at radius 3 is 2.94 bits per heavy atom. The summed E-state index contributed by atoms with van der Waals surface area (Å²) in [6.45, 7) is 1.08. The molecule has 6 heteroatoms. The number of rotatable bonds is 2. The smallest absolute Gasteiger partial charge is 0.258 e. The van der Waals surface area contributed by atoms with Crippen LogP contribution >= 0.6 is 11.6 Å². The normalized spacial score (nSPS) is 19.7. The summed E-state index contributed by atoms with van der Waals surface area (Å²) in [5.74, 6) is -0.341. The van der Waals surface area contributed by atoms with Gasteiger partial charge in [-0.2, -0.15) is 0 Å². The lowest BCUT2D eigenvalue weighted by atomic mass is 9.97. The summed E-state index contributed by atoms with van der Waals surface area (Å²) < 4.78 is 4.91. The third-order valence-corrected chi connectivity index (χ3v) is 3.47. The second-order valence-corrected chi connectivity index (χ2v) is 4.66. The van der Waals surface area contributed by atoms with Crippen LogP contribution in [0.2, 0.25) is 5.22 Å². The summed E-state index contributed by atoms with van der Waals surface area (Å²) >= 11 is 5.79. The number of hydrogen-bond donors (Lipinski definition) is 1. The van der Waals surface area contributed by atoms with Gasteiger partial charge in [-0.25, -0.2) is 0 Å². The number of piperidine rings is 1. The van der Waals surface area contributed by atoms with Crippen molar-refractivity contribution in [3.05, 3.63) is 23.1 Å². The highest BCUT2D eigenvalue weighted by atomic mass is 35.5. The molecule has 98 valence electrons. The molecule has 1 fully saturated rings. The summed E-state index contributed by atoms with van der Waals surface area (Å²) in [5, 5.41) is 2.72. The molecule has 18 heavy (non-hydrogen) atoms. The highest BCUT2D eigenvalue weighted by Gasteiger charge is 2.29. The van der Waals surface area contributed by atoms with Gasteiger partial charge >= 0.3 is 0 Å². The first kappa shape index (κ1) is 13.0.